The highest BCUT2D eigenvalue weighted by atomic mass is 16.6. The van der Waals surface area contributed by atoms with Crippen molar-refractivity contribution >= 4 is 35.5 Å². The lowest BCUT2D eigenvalue weighted by atomic mass is 9.64. The molecule has 76 heavy (non-hydrogen) atoms. The van der Waals surface area contributed by atoms with Gasteiger partial charge in [0, 0.05) is 55.3 Å². The normalized spacial score (nSPS) is 22.2. The number of para-hydroxylation sites is 1. The number of ether oxygens (including phenoxy) is 3. The first-order valence-electron chi connectivity index (χ1n) is 25.4. The summed E-state index contributed by atoms with van der Waals surface area (Å²) in [4.78, 5) is 80.5. The number of esters is 1. The fraction of sp³-hybridized carbons (Fsp3) is 0.246. The van der Waals surface area contributed by atoms with Crippen LogP contribution in [-0.2, 0) is 24.5 Å². The maximum Gasteiger partial charge on any atom is 0.329 e. The molecule has 1 spiro atoms. The zero-order valence-corrected chi connectivity index (χ0v) is 41.9. The SMILES string of the molecule is COc1ccc(C#Cc2ccc3c(c2)C2(C(=O)N3C(=O)NC(C)c3ccccc3)C(C(=O)N3CCN(c4ncccn4)CC3)C3C(=O)OC(c4ccccc4)C(c4ccccc4)N3C2c2ccccc2OCCO)cc1. The minimum absolute atomic E-state index is 0.101. The molecular formula is C61H55N7O8. The number of imide groups is 1. The number of hydrogen-bond donors (Lipinski definition) is 2. The van der Waals surface area contributed by atoms with Crippen molar-refractivity contribution in [1.82, 2.24) is 25.1 Å². The van der Waals surface area contributed by atoms with Gasteiger partial charge >= 0.3 is 12.0 Å². The molecule has 0 aliphatic carbocycles. The number of nitrogens with zero attached hydrogens (tertiary/aromatic N) is 6. The van der Waals surface area contributed by atoms with Crippen LogP contribution >= 0.6 is 0 Å². The molecule has 5 heterocycles. The number of carbonyl (C=O) groups excluding carboxylic acids is 4. The number of fused-ring (bicyclic) bond motifs is 3. The average Bonchev–Trinajstić information content (AvgIpc) is 4.11. The smallest absolute Gasteiger partial charge is 0.329 e. The molecule has 7 atom stereocenters. The van der Waals surface area contributed by atoms with E-state index in [1.54, 1.807) is 60.8 Å². The van der Waals surface area contributed by atoms with Crippen molar-refractivity contribution in [3.63, 3.8) is 0 Å². The third kappa shape index (κ3) is 8.84. The van der Waals surface area contributed by atoms with Crippen molar-refractivity contribution in [3.05, 3.63) is 215 Å². The summed E-state index contributed by atoms with van der Waals surface area (Å²) in [5, 5.41) is 13.3. The Hall–Kier alpha value is -8.84. The van der Waals surface area contributed by atoms with Crippen LogP contribution in [0.5, 0.6) is 11.5 Å². The van der Waals surface area contributed by atoms with E-state index in [-0.39, 0.29) is 32.0 Å². The second-order valence-electron chi connectivity index (χ2n) is 19.2. The van der Waals surface area contributed by atoms with Crippen LogP contribution in [0.1, 0.15) is 70.1 Å². The largest absolute Gasteiger partial charge is 0.497 e. The molecular weight excluding hydrogens is 959 g/mol. The number of amides is 4. The van der Waals surface area contributed by atoms with E-state index in [1.807, 2.05) is 144 Å². The van der Waals surface area contributed by atoms with E-state index in [1.165, 1.54) is 0 Å². The zero-order valence-electron chi connectivity index (χ0n) is 41.9. The van der Waals surface area contributed by atoms with E-state index in [4.69, 9.17) is 14.2 Å². The molecule has 4 aliphatic heterocycles. The number of morpholine rings is 1. The highest BCUT2D eigenvalue weighted by Crippen LogP contribution is 2.67. The molecule has 2 N–H and O–H groups in total. The van der Waals surface area contributed by atoms with Gasteiger partial charge in [0.15, 0.2) is 0 Å². The van der Waals surface area contributed by atoms with Crippen LogP contribution in [0.15, 0.2) is 176 Å². The van der Waals surface area contributed by atoms with Crippen LogP contribution < -0.4 is 24.6 Å². The van der Waals surface area contributed by atoms with Gasteiger partial charge in [-0.2, -0.15) is 0 Å². The van der Waals surface area contributed by atoms with E-state index in [9.17, 15) is 5.11 Å². The Bertz CT molecular complexity index is 3310. The second kappa shape index (κ2) is 21.2. The summed E-state index contributed by atoms with van der Waals surface area (Å²) in [7, 11) is 1.59. The third-order valence-corrected chi connectivity index (χ3v) is 15.0. The molecule has 15 heteroatoms. The number of nitrogens with one attached hydrogen (secondary N) is 1. The molecule has 3 saturated heterocycles. The Balaban J connectivity index is 1.18. The Labute approximate surface area is 440 Å². The van der Waals surface area contributed by atoms with E-state index in [2.05, 4.69) is 27.1 Å². The van der Waals surface area contributed by atoms with Gasteiger partial charge in [-0.3, -0.25) is 19.3 Å². The van der Waals surface area contributed by atoms with Crippen molar-refractivity contribution in [2.24, 2.45) is 5.92 Å². The molecule has 0 radical (unpaired) electrons. The molecule has 4 aliphatic rings. The summed E-state index contributed by atoms with van der Waals surface area (Å²) in [5.74, 6) is 4.65. The van der Waals surface area contributed by atoms with Crippen LogP contribution in [-0.4, -0.2) is 101 Å². The summed E-state index contributed by atoms with van der Waals surface area (Å²) in [5.41, 5.74) is 2.37. The molecule has 382 valence electrons. The standard InChI is InChI=1S/C61H55N7O8/c1-40(43-15-6-3-7-16-43)64-60(73)67-49-30-27-42(24-23-41-25-28-46(74-2)29-26-41)39-48(49)61(58(67)72)51(56(70)65-33-35-66(36-34-65)59-62-31-14-32-63-59)53-57(71)76-54(45-19-10-5-11-20-45)52(44-17-8-4-9-18-44)68(53)55(61)47-21-12-13-22-50(47)75-38-37-69/h3-22,25-32,39-40,51-55,69H,33-38H2,1-2H3,(H,64,73). The number of aliphatic hydroxyl groups is 1. The highest BCUT2D eigenvalue weighted by Gasteiger charge is 2.76. The van der Waals surface area contributed by atoms with E-state index >= 15 is 19.2 Å². The molecule has 15 nitrogen and oxygen atoms in total. The van der Waals surface area contributed by atoms with Gasteiger partial charge in [-0.1, -0.05) is 121 Å². The number of aromatic nitrogens is 2. The van der Waals surface area contributed by atoms with Gasteiger partial charge in [0.25, 0.3) is 0 Å². The second-order valence-corrected chi connectivity index (χ2v) is 19.2. The van der Waals surface area contributed by atoms with Crippen molar-refractivity contribution < 1.29 is 38.5 Å². The van der Waals surface area contributed by atoms with Gasteiger partial charge < -0.3 is 34.4 Å². The molecule has 6 aromatic carbocycles. The topological polar surface area (TPSA) is 167 Å². The number of methoxy groups -OCH3 is 1. The predicted molar refractivity (Wildman–Crippen MR) is 284 cm³/mol. The lowest BCUT2D eigenvalue weighted by Crippen LogP contribution is -2.59. The number of benzene rings is 6. The molecule has 11 rings (SSSR count). The Morgan fingerprint density at radius 2 is 1.39 bits per heavy atom. The average molecular weight is 1010 g/mol. The molecule has 0 bridgehead atoms. The quantitative estimate of drug-likeness (QED) is 0.0958. The lowest BCUT2D eigenvalue weighted by molar-refractivity contribution is -0.179. The molecule has 3 fully saturated rings. The van der Waals surface area contributed by atoms with E-state index in [0.29, 0.717) is 58.4 Å². The van der Waals surface area contributed by atoms with Gasteiger partial charge in [0.2, 0.25) is 17.8 Å². The van der Waals surface area contributed by atoms with Crippen LogP contribution in [0.3, 0.4) is 0 Å². The first kappa shape index (κ1) is 49.4. The van der Waals surface area contributed by atoms with Crippen molar-refractivity contribution in [3.8, 4) is 23.3 Å². The van der Waals surface area contributed by atoms with Crippen LogP contribution in [0.2, 0.25) is 0 Å². The number of carbonyl (C=O) groups is 4. The summed E-state index contributed by atoms with van der Waals surface area (Å²) in [6.07, 6.45) is 2.39. The van der Waals surface area contributed by atoms with Crippen molar-refractivity contribution in [1.29, 1.82) is 0 Å². The highest BCUT2D eigenvalue weighted by molar-refractivity contribution is 6.25. The molecule has 7 unspecified atom stereocenters. The lowest BCUT2D eigenvalue weighted by Gasteiger charge is -2.46. The monoisotopic (exact) mass is 1010 g/mol. The number of rotatable bonds is 11. The Kier molecular flexibility index (Phi) is 13.8. The number of cyclic esters (lactones) is 1. The van der Waals surface area contributed by atoms with Crippen molar-refractivity contribution in [2.75, 3.05) is 56.3 Å². The number of hydrogen-bond acceptors (Lipinski definition) is 12. The minimum Gasteiger partial charge on any atom is -0.497 e. The van der Waals surface area contributed by atoms with Crippen molar-refractivity contribution in [2.45, 2.75) is 42.6 Å². The number of anilines is 2. The minimum atomic E-state index is -2.07. The van der Waals surface area contributed by atoms with Gasteiger partial charge in [-0.15, -0.1) is 0 Å². The Morgan fingerprint density at radius 1 is 0.763 bits per heavy atom. The maximum absolute atomic E-state index is 17.0. The fourth-order valence-corrected chi connectivity index (χ4v) is 11.6. The van der Waals surface area contributed by atoms with Crippen LogP contribution in [0.25, 0.3) is 0 Å². The summed E-state index contributed by atoms with van der Waals surface area (Å²) >= 11 is 0. The third-order valence-electron chi connectivity index (χ3n) is 15.0. The Morgan fingerprint density at radius 3 is 2.08 bits per heavy atom. The summed E-state index contributed by atoms with van der Waals surface area (Å²) in [6.45, 7) is 2.54. The van der Waals surface area contributed by atoms with E-state index < -0.39 is 65.4 Å². The van der Waals surface area contributed by atoms with Gasteiger partial charge in [0.05, 0.1) is 43.4 Å². The molecule has 1 aromatic heterocycles. The molecule has 4 amide bonds. The number of aliphatic hydroxyl groups excluding tert-OH is 1. The van der Waals surface area contributed by atoms with Gasteiger partial charge in [-0.05, 0) is 83.8 Å². The maximum atomic E-state index is 17.0. The van der Waals surface area contributed by atoms with E-state index in [0.717, 1.165) is 16.0 Å². The van der Waals surface area contributed by atoms with Gasteiger partial charge in [-0.25, -0.2) is 19.7 Å². The molecule has 0 saturated carbocycles. The van der Waals surface area contributed by atoms with Crippen LogP contribution in [0, 0.1) is 17.8 Å². The number of urea groups is 1. The predicted octanol–water partition coefficient (Wildman–Crippen LogP) is 7.74. The first-order chi connectivity index (χ1) is 37.2. The van der Waals surface area contributed by atoms with Gasteiger partial charge in [0.1, 0.15) is 35.7 Å². The first-order valence-corrected chi connectivity index (χ1v) is 25.4. The number of piperazine rings is 1. The van der Waals surface area contributed by atoms with Crippen LogP contribution in [0.4, 0.5) is 16.4 Å². The summed E-state index contributed by atoms with van der Waals surface area (Å²) < 4.78 is 18.5. The fourth-order valence-electron chi connectivity index (χ4n) is 11.6. The molecule has 7 aromatic rings. The zero-order chi connectivity index (χ0) is 52.3. The summed E-state index contributed by atoms with van der Waals surface area (Å²) in [6, 6.07) is 45.3.